The van der Waals surface area contributed by atoms with E-state index in [4.69, 9.17) is 9.47 Å². The van der Waals surface area contributed by atoms with Gasteiger partial charge in [0.15, 0.2) is 0 Å². The molecule has 0 aliphatic carbocycles. The zero-order valence-corrected chi connectivity index (χ0v) is 13.7. The summed E-state index contributed by atoms with van der Waals surface area (Å²) in [6.45, 7) is 5.84. The Labute approximate surface area is 132 Å². The van der Waals surface area contributed by atoms with Gasteiger partial charge in [-0.1, -0.05) is 17.7 Å². The number of ether oxygens (including phenoxy) is 2. The van der Waals surface area contributed by atoms with Gasteiger partial charge in [0.25, 0.3) is 0 Å². The highest BCUT2D eigenvalue weighted by molar-refractivity contribution is 5.60. The molecule has 0 bridgehead atoms. The third-order valence-electron chi connectivity index (χ3n) is 3.54. The summed E-state index contributed by atoms with van der Waals surface area (Å²) in [5.41, 5.74) is 4.65. The molecule has 0 aliphatic heterocycles. The van der Waals surface area contributed by atoms with Crippen LogP contribution in [0.5, 0.6) is 11.5 Å². The third-order valence-corrected chi connectivity index (χ3v) is 3.54. The van der Waals surface area contributed by atoms with E-state index in [1.807, 2.05) is 18.2 Å². The SMILES string of the molecule is COc1ccc(OC)c(NCCNc2ccc(C)cc2C)c1. The quantitative estimate of drug-likeness (QED) is 0.762. The van der Waals surface area contributed by atoms with Crippen LogP contribution in [0.4, 0.5) is 11.4 Å². The molecule has 0 aromatic heterocycles. The molecule has 0 saturated carbocycles. The topological polar surface area (TPSA) is 42.5 Å². The normalized spacial score (nSPS) is 10.2. The van der Waals surface area contributed by atoms with Crippen molar-refractivity contribution in [2.45, 2.75) is 13.8 Å². The van der Waals surface area contributed by atoms with Gasteiger partial charge in [0.2, 0.25) is 0 Å². The van der Waals surface area contributed by atoms with Crippen LogP contribution in [0.25, 0.3) is 0 Å². The van der Waals surface area contributed by atoms with E-state index in [0.29, 0.717) is 0 Å². The fraction of sp³-hybridized carbons (Fsp3) is 0.333. The molecule has 0 heterocycles. The summed E-state index contributed by atoms with van der Waals surface area (Å²) in [6.07, 6.45) is 0. The van der Waals surface area contributed by atoms with Gasteiger partial charge < -0.3 is 20.1 Å². The first kappa shape index (κ1) is 16.0. The Morgan fingerprint density at radius 2 is 1.55 bits per heavy atom. The first-order valence-electron chi connectivity index (χ1n) is 7.41. The average Bonchev–Trinajstić information content (AvgIpc) is 2.53. The lowest BCUT2D eigenvalue weighted by Gasteiger charge is -2.14. The molecule has 22 heavy (non-hydrogen) atoms. The number of methoxy groups -OCH3 is 2. The Morgan fingerprint density at radius 3 is 2.18 bits per heavy atom. The summed E-state index contributed by atoms with van der Waals surface area (Å²) in [6, 6.07) is 12.2. The predicted octanol–water partition coefficient (Wildman–Crippen LogP) is 3.84. The molecule has 4 heteroatoms. The van der Waals surface area contributed by atoms with Gasteiger partial charge in [-0.2, -0.15) is 0 Å². The maximum absolute atomic E-state index is 5.35. The molecule has 0 spiro atoms. The average molecular weight is 300 g/mol. The molecule has 0 atom stereocenters. The highest BCUT2D eigenvalue weighted by Crippen LogP contribution is 2.28. The summed E-state index contributed by atoms with van der Waals surface area (Å²) in [7, 11) is 3.33. The van der Waals surface area contributed by atoms with Crippen molar-refractivity contribution < 1.29 is 9.47 Å². The van der Waals surface area contributed by atoms with Crippen molar-refractivity contribution in [3.8, 4) is 11.5 Å². The standard InChI is InChI=1S/C18H24N2O2/c1-13-5-7-16(14(2)11-13)19-9-10-20-17-12-15(21-3)6-8-18(17)22-4/h5-8,11-12,19-20H,9-10H2,1-4H3. The summed E-state index contributed by atoms with van der Waals surface area (Å²) in [5, 5.41) is 6.81. The summed E-state index contributed by atoms with van der Waals surface area (Å²) >= 11 is 0. The van der Waals surface area contributed by atoms with Gasteiger partial charge >= 0.3 is 0 Å². The number of nitrogens with one attached hydrogen (secondary N) is 2. The molecule has 118 valence electrons. The van der Waals surface area contributed by atoms with Gasteiger partial charge in [0, 0.05) is 24.8 Å². The third kappa shape index (κ3) is 4.07. The van der Waals surface area contributed by atoms with Gasteiger partial charge in [-0.3, -0.25) is 0 Å². The molecule has 4 nitrogen and oxygen atoms in total. The predicted molar refractivity (Wildman–Crippen MR) is 92.4 cm³/mol. The van der Waals surface area contributed by atoms with Crippen LogP contribution in [0.1, 0.15) is 11.1 Å². The number of hydrogen-bond acceptors (Lipinski definition) is 4. The lowest BCUT2D eigenvalue weighted by Crippen LogP contribution is -2.14. The number of anilines is 2. The number of rotatable bonds is 7. The van der Waals surface area contributed by atoms with E-state index in [-0.39, 0.29) is 0 Å². The molecule has 0 radical (unpaired) electrons. The van der Waals surface area contributed by atoms with Crippen LogP contribution in [-0.4, -0.2) is 27.3 Å². The molecule has 2 aromatic carbocycles. The fourth-order valence-electron chi connectivity index (χ4n) is 2.36. The molecular formula is C18H24N2O2. The van der Waals surface area contributed by atoms with Crippen LogP contribution in [0, 0.1) is 13.8 Å². The molecule has 0 saturated heterocycles. The van der Waals surface area contributed by atoms with Crippen molar-refractivity contribution in [2.75, 3.05) is 37.9 Å². The Morgan fingerprint density at radius 1 is 0.818 bits per heavy atom. The van der Waals surface area contributed by atoms with Crippen LogP contribution in [0.15, 0.2) is 36.4 Å². The van der Waals surface area contributed by atoms with Gasteiger partial charge in [-0.25, -0.2) is 0 Å². The van der Waals surface area contributed by atoms with Crippen LogP contribution in [0.2, 0.25) is 0 Å². The van der Waals surface area contributed by atoms with Crippen LogP contribution in [0.3, 0.4) is 0 Å². The van der Waals surface area contributed by atoms with E-state index < -0.39 is 0 Å². The second kappa shape index (κ2) is 7.59. The first-order chi connectivity index (χ1) is 10.6. The second-order valence-electron chi connectivity index (χ2n) is 5.24. The van der Waals surface area contributed by atoms with Crippen LogP contribution < -0.4 is 20.1 Å². The zero-order valence-electron chi connectivity index (χ0n) is 13.7. The monoisotopic (exact) mass is 300 g/mol. The molecular weight excluding hydrogens is 276 g/mol. The molecule has 0 unspecified atom stereocenters. The molecule has 0 aliphatic rings. The summed E-state index contributed by atoms with van der Waals surface area (Å²) in [4.78, 5) is 0. The molecule has 2 N–H and O–H groups in total. The Balaban J connectivity index is 1.91. The van der Waals surface area contributed by atoms with Crippen molar-refractivity contribution >= 4 is 11.4 Å². The van der Waals surface area contributed by atoms with E-state index in [1.54, 1.807) is 14.2 Å². The van der Waals surface area contributed by atoms with E-state index in [1.165, 1.54) is 16.8 Å². The highest BCUT2D eigenvalue weighted by Gasteiger charge is 2.04. The minimum absolute atomic E-state index is 0.789. The van der Waals surface area contributed by atoms with Crippen molar-refractivity contribution in [3.05, 3.63) is 47.5 Å². The number of aryl methyl sites for hydroxylation is 2. The molecule has 2 rings (SSSR count). The summed E-state index contributed by atoms with van der Waals surface area (Å²) in [5.74, 6) is 1.62. The van der Waals surface area contributed by atoms with Crippen molar-refractivity contribution in [2.24, 2.45) is 0 Å². The maximum Gasteiger partial charge on any atom is 0.142 e. The van der Waals surface area contributed by atoms with Gasteiger partial charge in [-0.05, 0) is 37.6 Å². The Bertz CT molecular complexity index is 626. The first-order valence-corrected chi connectivity index (χ1v) is 7.41. The van der Waals surface area contributed by atoms with E-state index >= 15 is 0 Å². The lowest BCUT2D eigenvalue weighted by molar-refractivity contribution is 0.404. The van der Waals surface area contributed by atoms with E-state index in [9.17, 15) is 0 Å². The van der Waals surface area contributed by atoms with E-state index in [2.05, 4.69) is 42.7 Å². The van der Waals surface area contributed by atoms with Crippen molar-refractivity contribution in [1.29, 1.82) is 0 Å². The minimum Gasteiger partial charge on any atom is -0.497 e. The van der Waals surface area contributed by atoms with Crippen molar-refractivity contribution in [1.82, 2.24) is 0 Å². The van der Waals surface area contributed by atoms with Gasteiger partial charge in [-0.15, -0.1) is 0 Å². The van der Waals surface area contributed by atoms with Crippen molar-refractivity contribution in [3.63, 3.8) is 0 Å². The Kier molecular flexibility index (Phi) is 5.53. The highest BCUT2D eigenvalue weighted by atomic mass is 16.5. The largest absolute Gasteiger partial charge is 0.497 e. The maximum atomic E-state index is 5.35. The second-order valence-corrected chi connectivity index (χ2v) is 5.24. The minimum atomic E-state index is 0.789. The van der Waals surface area contributed by atoms with Crippen LogP contribution >= 0.6 is 0 Å². The van der Waals surface area contributed by atoms with Crippen LogP contribution in [-0.2, 0) is 0 Å². The molecule has 0 amide bonds. The number of hydrogen-bond donors (Lipinski definition) is 2. The lowest BCUT2D eigenvalue weighted by atomic mass is 10.1. The number of benzene rings is 2. The summed E-state index contributed by atoms with van der Waals surface area (Å²) < 4.78 is 10.6. The fourth-order valence-corrected chi connectivity index (χ4v) is 2.36. The zero-order chi connectivity index (χ0) is 15.9. The van der Waals surface area contributed by atoms with Gasteiger partial charge in [0.05, 0.1) is 19.9 Å². The van der Waals surface area contributed by atoms with Gasteiger partial charge in [0.1, 0.15) is 11.5 Å². The smallest absolute Gasteiger partial charge is 0.142 e. The molecule has 2 aromatic rings. The van der Waals surface area contributed by atoms with E-state index in [0.717, 1.165) is 30.3 Å². The Hall–Kier alpha value is -2.36. The molecule has 0 fully saturated rings.